The lowest BCUT2D eigenvalue weighted by atomic mass is 10.1. The summed E-state index contributed by atoms with van der Waals surface area (Å²) in [4.78, 5) is 16.4. The van der Waals surface area contributed by atoms with Gasteiger partial charge in [-0.3, -0.25) is 14.3 Å². The van der Waals surface area contributed by atoms with Crippen LogP contribution in [0.1, 0.15) is 23.2 Å². The topological polar surface area (TPSA) is 69.9 Å². The molecule has 8 heteroatoms. The summed E-state index contributed by atoms with van der Waals surface area (Å²) in [6.07, 6.45) is 4.49. The van der Waals surface area contributed by atoms with Gasteiger partial charge in [0.15, 0.2) is 16.8 Å². The van der Waals surface area contributed by atoms with E-state index < -0.39 is 0 Å². The van der Waals surface area contributed by atoms with E-state index in [4.69, 9.17) is 4.74 Å². The molecule has 2 aromatic heterocycles. The molecule has 0 saturated carbocycles. The molecule has 0 atom stereocenters. The van der Waals surface area contributed by atoms with E-state index in [1.807, 2.05) is 41.0 Å². The van der Waals surface area contributed by atoms with Gasteiger partial charge in [0.1, 0.15) is 11.6 Å². The third-order valence-electron chi connectivity index (χ3n) is 4.85. The number of Topliss-reactive ketones (excluding diaryl/α,β-unsaturated/α-hetero) is 1. The number of aromatic nitrogens is 4. The lowest BCUT2D eigenvalue weighted by Gasteiger charge is -2.11. The first kappa shape index (κ1) is 21.7. The number of carbonyl (C=O) groups is 1. The number of rotatable bonds is 9. The van der Waals surface area contributed by atoms with Gasteiger partial charge in [-0.1, -0.05) is 11.8 Å². The van der Waals surface area contributed by atoms with Crippen LogP contribution in [0, 0.1) is 5.82 Å². The summed E-state index contributed by atoms with van der Waals surface area (Å²) >= 11 is 1.54. The van der Waals surface area contributed by atoms with Crippen molar-refractivity contribution in [3.8, 4) is 22.8 Å². The van der Waals surface area contributed by atoms with Gasteiger partial charge in [0.25, 0.3) is 0 Å². The van der Waals surface area contributed by atoms with Crippen LogP contribution in [0.3, 0.4) is 0 Å². The van der Waals surface area contributed by atoms with E-state index in [0.29, 0.717) is 30.0 Å². The lowest BCUT2D eigenvalue weighted by molar-refractivity contribution is 0.0982. The quantitative estimate of drug-likeness (QED) is 0.198. The summed E-state index contributed by atoms with van der Waals surface area (Å²) in [6, 6.07) is 17.1. The zero-order valence-corrected chi connectivity index (χ0v) is 18.3. The minimum absolute atomic E-state index is 0.000282. The Labute approximate surface area is 189 Å². The molecular weight excluding hydrogens is 427 g/mol. The standard InChI is InChI=1S/C24H21FN4O2S/c1-31-21-10-8-20(9-11-21)29-23(18-12-14-26-15-13-18)27-28-24(29)32-16-2-3-22(30)17-4-6-19(25)7-5-17/h4-15H,2-3,16H2,1H3. The number of ketones is 1. The second-order valence-electron chi connectivity index (χ2n) is 6.96. The SMILES string of the molecule is COc1ccc(-n2c(SCCCC(=O)c3ccc(F)cc3)nnc2-c2ccncc2)cc1. The largest absolute Gasteiger partial charge is 0.497 e. The summed E-state index contributed by atoms with van der Waals surface area (Å²) in [5, 5.41) is 9.53. The molecule has 0 unspecified atom stereocenters. The van der Waals surface area contributed by atoms with E-state index in [-0.39, 0.29) is 11.6 Å². The first-order valence-electron chi connectivity index (χ1n) is 10.1. The maximum Gasteiger partial charge on any atom is 0.196 e. The second-order valence-corrected chi connectivity index (χ2v) is 8.02. The number of methoxy groups -OCH3 is 1. The van der Waals surface area contributed by atoms with Gasteiger partial charge >= 0.3 is 0 Å². The maximum absolute atomic E-state index is 13.0. The first-order valence-corrected chi connectivity index (χ1v) is 11.1. The summed E-state index contributed by atoms with van der Waals surface area (Å²) in [6.45, 7) is 0. The Bertz CT molecular complexity index is 1180. The van der Waals surface area contributed by atoms with E-state index in [9.17, 15) is 9.18 Å². The highest BCUT2D eigenvalue weighted by Gasteiger charge is 2.16. The lowest BCUT2D eigenvalue weighted by Crippen LogP contribution is -2.02. The van der Waals surface area contributed by atoms with Gasteiger partial charge < -0.3 is 4.74 Å². The van der Waals surface area contributed by atoms with Crippen LogP contribution in [0.25, 0.3) is 17.1 Å². The molecule has 0 aliphatic carbocycles. The number of hydrogen-bond donors (Lipinski definition) is 0. The molecule has 32 heavy (non-hydrogen) atoms. The van der Waals surface area contributed by atoms with Gasteiger partial charge in [-0.15, -0.1) is 10.2 Å². The number of pyridine rings is 1. The molecule has 162 valence electrons. The number of thioether (sulfide) groups is 1. The van der Waals surface area contributed by atoms with Crippen LogP contribution in [0.15, 0.2) is 78.2 Å². The fraction of sp³-hybridized carbons (Fsp3) is 0.167. The first-order chi connectivity index (χ1) is 15.7. The molecule has 0 N–H and O–H groups in total. The molecule has 0 radical (unpaired) electrons. The molecule has 0 spiro atoms. The Morgan fingerprint density at radius 3 is 2.41 bits per heavy atom. The van der Waals surface area contributed by atoms with Crippen molar-refractivity contribution in [2.24, 2.45) is 0 Å². The average Bonchev–Trinajstić information content (AvgIpc) is 3.26. The summed E-state index contributed by atoms with van der Waals surface area (Å²) in [5.74, 6) is 1.82. The number of ether oxygens (including phenoxy) is 1. The zero-order chi connectivity index (χ0) is 22.3. The van der Waals surface area contributed by atoms with E-state index >= 15 is 0 Å². The molecule has 4 aromatic rings. The van der Waals surface area contributed by atoms with Gasteiger partial charge in [-0.25, -0.2) is 4.39 Å². The van der Waals surface area contributed by atoms with E-state index in [1.54, 1.807) is 19.5 Å². The van der Waals surface area contributed by atoms with Crippen molar-refractivity contribution in [1.82, 2.24) is 19.7 Å². The van der Waals surface area contributed by atoms with Gasteiger partial charge in [-0.2, -0.15) is 0 Å². The van der Waals surface area contributed by atoms with Crippen LogP contribution in [-0.4, -0.2) is 38.4 Å². The van der Waals surface area contributed by atoms with Gasteiger partial charge in [0.05, 0.1) is 7.11 Å². The minimum Gasteiger partial charge on any atom is -0.497 e. The zero-order valence-electron chi connectivity index (χ0n) is 17.4. The monoisotopic (exact) mass is 448 g/mol. The summed E-state index contributed by atoms with van der Waals surface area (Å²) < 4.78 is 20.3. The van der Waals surface area contributed by atoms with Crippen LogP contribution in [0.5, 0.6) is 5.75 Å². The van der Waals surface area contributed by atoms with E-state index in [2.05, 4.69) is 15.2 Å². The van der Waals surface area contributed by atoms with Gasteiger partial charge in [-0.05, 0) is 67.1 Å². The molecule has 6 nitrogen and oxygen atoms in total. The van der Waals surface area contributed by atoms with Crippen molar-refractivity contribution in [3.63, 3.8) is 0 Å². The van der Waals surface area contributed by atoms with Gasteiger partial charge in [0.2, 0.25) is 0 Å². The second kappa shape index (κ2) is 10.2. The Morgan fingerprint density at radius 2 is 1.72 bits per heavy atom. The van der Waals surface area contributed by atoms with Crippen molar-refractivity contribution in [2.45, 2.75) is 18.0 Å². The number of hydrogen-bond acceptors (Lipinski definition) is 6. The van der Waals surface area contributed by atoms with Crippen molar-refractivity contribution in [3.05, 3.63) is 84.4 Å². The van der Waals surface area contributed by atoms with Crippen LogP contribution < -0.4 is 4.74 Å². The van der Waals surface area contributed by atoms with Crippen molar-refractivity contribution < 1.29 is 13.9 Å². The minimum atomic E-state index is -0.347. The van der Waals surface area contributed by atoms with Crippen LogP contribution >= 0.6 is 11.8 Å². The fourth-order valence-corrected chi connectivity index (χ4v) is 4.08. The third kappa shape index (κ3) is 5.03. The smallest absolute Gasteiger partial charge is 0.196 e. The molecule has 4 rings (SSSR count). The predicted molar refractivity (Wildman–Crippen MR) is 122 cm³/mol. The molecule has 0 bridgehead atoms. The van der Waals surface area contributed by atoms with Crippen molar-refractivity contribution >= 4 is 17.5 Å². The molecule has 0 fully saturated rings. The summed E-state index contributed by atoms with van der Waals surface area (Å²) in [7, 11) is 1.63. The highest BCUT2D eigenvalue weighted by Crippen LogP contribution is 2.29. The number of carbonyl (C=O) groups excluding carboxylic acids is 1. The van der Waals surface area contributed by atoms with Crippen LogP contribution in [0.4, 0.5) is 4.39 Å². The third-order valence-corrected chi connectivity index (χ3v) is 5.86. The molecular formula is C24H21FN4O2S. The normalized spacial score (nSPS) is 10.8. The molecule has 2 heterocycles. The van der Waals surface area contributed by atoms with Crippen molar-refractivity contribution in [2.75, 3.05) is 12.9 Å². The fourth-order valence-electron chi connectivity index (χ4n) is 3.19. The number of halogens is 1. The Balaban J connectivity index is 1.50. The van der Waals surface area contributed by atoms with Crippen LogP contribution in [0.2, 0.25) is 0 Å². The number of nitrogens with zero attached hydrogens (tertiary/aromatic N) is 4. The average molecular weight is 449 g/mol. The van der Waals surface area contributed by atoms with Crippen LogP contribution in [-0.2, 0) is 0 Å². The molecule has 0 aliphatic rings. The molecule has 2 aromatic carbocycles. The Morgan fingerprint density at radius 1 is 1.00 bits per heavy atom. The van der Waals surface area contributed by atoms with E-state index in [1.165, 1.54) is 36.0 Å². The molecule has 0 amide bonds. The Hall–Kier alpha value is -3.52. The maximum atomic E-state index is 13.0. The molecule has 0 saturated heterocycles. The summed E-state index contributed by atoms with van der Waals surface area (Å²) in [5.41, 5.74) is 2.34. The molecule has 0 aliphatic heterocycles. The van der Waals surface area contributed by atoms with E-state index in [0.717, 1.165) is 22.2 Å². The predicted octanol–water partition coefficient (Wildman–Crippen LogP) is 5.23. The van der Waals surface area contributed by atoms with Crippen molar-refractivity contribution in [1.29, 1.82) is 0 Å². The van der Waals surface area contributed by atoms with Gasteiger partial charge in [0, 0.05) is 41.4 Å². The highest BCUT2D eigenvalue weighted by molar-refractivity contribution is 7.99. The number of benzene rings is 2. The Kier molecular flexibility index (Phi) is 6.91. The highest BCUT2D eigenvalue weighted by atomic mass is 32.2.